The number of rotatable bonds is 14. The second-order valence-electron chi connectivity index (χ2n) is 16.3. The molecule has 350 valence electrons. The van der Waals surface area contributed by atoms with E-state index in [9.17, 15) is 43.8 Å². The van der Waals surface area contributed by atoms with Crippen molar-refractivity contribution in [3.63, 3.8) is 0 Å². The molecule has 1 fully saturated rings. The predicted molar refractivity (Wildman–Crippen MR) is 255 cm³/mol. The zero-order valence-electron chi connectivity index (χ0n) is 37.2. The number of aromatic nitrogens is 2. The van der Waals surface area contributed by atoms with Crippen LogP contribution in [0.1, 0.15) is 96.1 Å². The summed E-state index contributed by atoms with van der Waals surface area (Å²) in [7, 11) is 0. The number of phenolic OH excluding ortho intramolecular Hbond substituents is 1. The molecule has 69 heavy (non-hydrogen) atoms. The zero-order valence-corrected chi connectivity index (χ0v) is 37.2. The summed E-state index contributed by atoms with van der Waals surface area (Å²) in [5.41, 5.74) is 7.67. The number of benzene rings is 5. The molecule has 3 amide bonds. The number of nitrogens with one attached hydrogen (secondary N) is 4. The van der Waals surface area contributed by atoms with Crippen LogP contribution in [-0.2, 0) is 30.8 Å². The van der Waals surface area contributed by atoms with Crippen molar-refractivity contribution in [2.75, 3.05) is 6.54 Å². The molecule has 0 bridgehead atoms. The largest absolute Gasteiger partial charge is 0.507 e. The van der Waals surface area contributed by atoms with Crippen molar-refractivity contribution in [2.24, 2.45) is 5.73 Å². The van der Waals surface area contributed by atoms with Gasteiger partial charge in [0.1, 0.15) is 23.3 Å². The first-order valence-electron chi connectivity index (χ1n) is 22.1. The minimum absolute atomic E-state index is 0.00274. The number of carboxylic acid groups (broad SMARTS) is 1. The molecule has 4 aromatic carbocycles. The number of carboxylic acids is 1. The van der Waals surface area contributed by atoms with Gasteiger partial charge in [-0.3, -0.25) is 33.5 Å². The summed E-state index contributed by atoms with van der Waals surface area (Å²) in [6, 6.07) is 24.3. The molecule has 3 aliphatic rings. The normalized spacial score (nSPS) is 14.2. The number of carbonyl (C=O) groups is 4. The van der Waals surface area contributed by atoms with Crippen LogP contribution in [0.5, 0.6) is 5.75 Å². The van der Waals surface area contributed by atoms with Crippen LogP contribution >= 0.6 is 0 Å². The van der Waals surface area contributed by atoms with Gasteiger partial charge in [0.2, 0.25) is 0 Å². The fraction of sp³-hybridized carbons (Fsp3) is 0.212. The highest BCUT2D eigenvalue weighted by molar-refractivity contribution is 6.10. The minimum Gasteiger partial charge on any atom is -0.507 e. The summed E-state index contributed by atoms with van der Waals surface area (Å²) in [5, 5.41) is 30.1. The molecule has 5 aromatic rings. The molecular weight excluding hydrogens is 885 g/mol. The number of aromatic hydroxyl groups is 1. The van der Waals surface area contributed by atoms with E-state index in [1.54, 1.807) is 48.5 Å². The molecule has 0 unspecified atom stereocenters. The zero-order chi connectivity index (χ0) is 48.8. The molecule has 0 spiro atoms. The highest BCUT2D eigenvalue weighted by atomic mass is 16.5. The number of hydrogen-bond donors (Lipinski definition) is 7. The first-order valence-corrected chi connectivity index (χ1v) is 22.1. The van der Waals surface area contributed by atoms with Crippen LogP contribution in [0.4, 0.5) is 0 Å². The Labute approximate surface area is 393 Å². The van der Waals surface area contributed by atoms with E-state index in [4.69, 9.17) is 14.9 Å². The lowest BCUT2D eigenvalue weighted by Gasteiger charge is -2.19. The minimum atomic E-state index is -1.29. The fourth-order valence-electron chi connectivity index (χ4n) is 8.15. The van der Waals surface area contributed by atoms with Crippen molar-refractivity contribution in [3.8, 4) is 40.0 Å². The molecule has 3 heterocycles. The SMILES string of the molecule is CC[C@@H]1CC[C@H](n2cc(CC#CCNC(=O)c3ccc(CNC(=O)c4ccc(C(=O)O)c(-c5c6ccc(=O)cc-6oc6c(CNC(=O)c7ccc(CN)cc7)c(O)ccc56)c4)cc3)c(=O)[nH]c2=O)O1. The Morgan fingerprint density at radius 1 is 0.783 bits per heavy atom. The Kier molecular flexibility index (Phi) is 13.9. The molecule has 1 saturated heterocycles. The molecule has 0 saturated carbocycles. The van der Waals surface area contributed by atoms with Gasteiger partial charge >= 0.3 is 11.7 Å². The van der Waals surface area contributed by atoms with E-state index >= 15 is 0 Å². The topological polar surface area (TPSA) is 265 Å². The van der Waals surface area contributed by atoms with Crippen LogP contribution in [-0.4, -0.2) is 56.1 Å². The molecule has 17 heteroatoms. The van der Waals surface area contributed by atoms with Gasteiger partial charge in [-0.1, -0.05) is 43.0 Å². The molecule has 0 radical (unpaired) electrons. The molecular formula is C52H46N6O11. The van der Waals surface area contributed by atoms with Gasteiger partial charge in [-0.2, -0.15) is 0 Å². The quantitative estimate of drug-likeness (QED) is 0.0548. The lowest BCUT2D eigenvalue weighted by molar-refractivity contribution is -0.00214. The number of ether oxygens (including phenoxy) is 1. The van der Waals surface area contributed by atoms with E-state index in [1.165, 1.54) is 59.3 Å². The molecule has 2 atom stereocenters. The first kappa shape index (κ1) is 46.9. The average Bonchev–Trinajstić information content (AvgIpc) is 3.84. The third kappa shape index (κ3) is 10.4. The van der Waals surface area contributed by atoms with Crippen molar-refractivity contribution in [1.82, 2.24) is 25.5 Å². The van der Waals surface area contributed by atoms with Crippen molar-refractivity contribution in [1.29, 1.82) is 0 Å². The molecule has 1 aliphatic carbocycles. The number of carbonyl (C=O) groups excluding carboxylic acids is 3. The molecule has 1 aromatic heterocycles. The van der Waals surface area contributed by atoms with E-state index < -0.39 is 46.6 Å². The van der Waals surface area contributed by atoms with Crippen LogP contribution in [0.25, 0.3) is 33.4 Å². The standard InChI is InChI=1S/C52H46N6O11/c1-2-36-16-21-44(68-36)58-28-34(50(64)57-52(58)67)5-3-4-22-54-47(61)31-12-8-30(9-13-31)26-55-49(63)33-14-17-37(51(65)66)40(23-33)45-38-18-15-35(59)24-43(38)69-46-39(45)19-20-42(60)41(46)27-56-48(62)32-10-6-29(25-53)7-11-32/h6-15,17-20,23-24,28,36,44,60H,2,5,16,21-22,25-27,53H2,1H3,(H,54,61)(H,55,63)(H,56,62)(H,65,66)(H,57,64,67)/t36-,44-/m1/s1. The number of nitrogens with two attached hydrogens (primary N) is 1. The second kappa shape index (κ2) is 20.5. The third-order valence-electron chi connectivity index (χ3n) is 11.9. The highest BCUT2D eigenvalue weighted by Crippen LogP contribution is 2.44. The smallest absolute Gasteiger partial charge is 0.336 e. The van der Waals surface area contributed by atoms with Gasteiger partial charge in [0, 0.05) is 70.5 Å². The van der Waals surface area contributed by atoms with Crippen molar-refractivity contribution in [3.05, 3.63) is 179 Å². The Balaban J connectivity index is 0.959. The second-order valence-corrected chi connectivity index (χ2v) is 16.3. The van der Waals surface area contributed by atoms with Gasteiger partial charge in [-0.15, -0.1) is 0 Å². The van der Waals surface area contributed by atoms with E-state index in [0.717, 1.165) is 18.4 Å². The van der Waals surface area contributed by atoms with Crippen LogP contribution in [0.2, 0.25) is 0 Å². The maximum atomic E-state index is 13.7. The van der Waals surface area contributed by atoms with Crippen LogP contribution in [0.3, 0.4) is 0 Å². The molecule has 8 N–H and O–H groups in total. The summed E-state index contributed by atoms with van der Waals surface area (Å²) in [6.07, 6.45) is 3.45. The average molecular weight is 931 g/mol. The lowest BCUT2D eigenvalue weighted by atomic mass is 9.88. The van der Waals surface area contributed by atoms with E-state index in [0.29, 0.717) is 51.7 Å². The Hall–Kier alpha value is -8.59. The Morgan fingerprint density at radius 3 is 2.16 bits per heavy atom. The third-order valence-corrected chi connectivity index (χ3v) is 11.9. The van der Waals surface area contributed by atoms with Gasteiger partial charge in [0.25, 0.3) is 23.3 Å². The first-order chi connectivity index (χ1) is 33.3. The summed E-state index contributed by atoms with van der Waals surface area (Å²) in [4.78, 5) is 92.3. The van der Waals surface area contributed by atoms with Crippen LogP contribution in [0.15, 0.2) is 122 Å². The summed E-state index contributed by atoms with van der Waals surface area (Å²) in [5.74, 6) is 2.86. The number of fused-ring (bicyclic) bond motifs is 2. The maximum absolute atomic E-state index is 13.7. The monoisotopic (exact) mass is 930 g/mol. The van der Waals surface area contributed by atoms with Gasteiger partial charge in [0.15, 0.2) is 5.43 Å². The maximum Gasteiger partial charge on any atom is 0.336 e. The number of aromatic carboxylic acids is 1. The van der Waals surface area contributed by atoms with Gasteiger partial charge in [0.05, 0.1) is 30.3 Å². The van der Waals surface area contributed by atoms with Crippen molar-refractivity contribution in [2.45, 2.75) is 64.6 Å². The Bertz CT molecular complexity index is 3350. The van der Waals surface area contributed by atoms with Gasteiger partial charge < -0.3 is 41.1 Å². The number of amides is 3. The predicted octanol–water partition coefficient (Wildman–Crippen LogP) is 5.20. The number of H-pyrrole nitrogens is 1. The van der Waals surface area contributed by atoms with Gasteiger partial charge in [-0.25, -0.2) is 9.59 Å². The number of aromatic amines is 1. The van der Waals surface area contributed by atoms with Crippen molar-refractivity contribution < 1.29 is 38.5 Å². The summed E-state index contributed by atoms with van der Waals surface area (Å²) < 4.78 is 13.5. The van der Waals surface area contributed by atoms with E-state index in [1.807, 2.05) is 6.92 Å². The van der Waals surface area contributed by atoms with E-state index in [-0.39, 0.29) is 71.5 Å². The summed E-state index contributed by atoms with van der Waals surface area (Å²) in [6.45, 7) is 2.16. The summed E-state index contributed by atoms with van der Waals surface area (Å²) >= 11 is 0. The van der Waals surface area contributed by atoms with E-state index in [2.05, 4.69) is 32.8 Å². The molecule has 2 aliphatic heterocycles. The fourth-order valence-corrected chi connectivity index (χ4v) is 8.15. The van der Waals surface area contributed by atoms with Crippen LogP contribution in [0, 0.1) is 11.8 Å². The Morgan fingerprint density at radius 2 is 1.46 bits per heavy atom. The van der Waals surface area contributed by atoms with Crippen LogP contribution < -0.4 is 38.4 Å². The number of nitrogens with zero attached hydrogens (tertiary/aromatic N) is 1. The molecule has 8 rings (SSSR count). The molecule has 17 nitrogen and oxygen atoms in total. The number of hydrogen-bond acceptors (Lipinski definition) is 11. The highest BCUT2D eigenvalue weighted by Gasteiger charge is 2.28. The van der Waals surface area contributed by atoms with Gasteiger partial charge in [-0.05, 0) is 103 Å². The van der Waals surface area contributed by atoms with Crippen molar-refractivity contribution >= 4 is 34.7 Å². The lowest BCUT2D eigenvalue weighted by Crippen LogP contribution is -2.34. The number of phenols is 1.